The zero-order valence-electron chi connectivity index (χ0n) is 13.7. The Morgan fingerprint density at radius 1 is 0.810 bits per heavy atom. The fourth-order valence-electron chi connectivity index (χ4n) is 2.33. The smallest absolute Gasteiger partial charge is 0.159 e. The fraction of sp³-hybridized carbons (Fsp3) is 1.00. The van der Waals surface area contributed by atoms with Gasteiger partial charge in [-0.1, -0.05) is 89.2 Å². The predicted molar refractivity (Wildman–Crippen MR) is 89.8 cm³/mol. The molecule has 3 nitrogen and oxygen atoms in total. The van der Waals surface area contributed by atoms with Gasteiger partial charge in [0.15, 0.2) is 5.56 Å². The Hall–Kier alpha value is 0.170. The molecule has 2 N–H and O–H groups in total. The third-order valence-corrected chi connectivity index (χ3v) is 4.18. The summed E-state index contributed by atoms with van der Waals surface area (Å²) in [7, 11) is 0. The zero-order valence-corrected chi connectivity index (χ0v) is 14.5. The molecule has 21 heavy (non-hydrogen) atoms. The van der Waals surface area contributed by atoms with Gasteiger partial charge in [-0.15, -0.1) is 0 Å². The standard InChI is InChI=1S/C17H35ClO3/c1-2-3-4-5-6-7-8-9-10-11-12-13-14-21-17(18)16(20)15-19/h16-17,19-20H,2-15H2,1H3. The van der Waals surface area contributed by atoms with Gasteiger partial charge in [0.25, 0.3) is 0 Å². The largest absolute Gasteiger partial charge is 0.394 e. The molecule has 2 unspecified atom stereocenters. The first-order valence-electron chi connectivity index (χ1n) is 8.77. The van der Waals surface area contributed by atoms with Crippen LogP contribution in [-0.2, 0) is 4.74 Å². The van der Waals surface area contributed by atoms with Gasteiger partial charge in [0, 0.05) is 6.61 Å². The highest BCUT2D eigenvalue weighted by atomic mass is 35.5. The summed E-state index contributed by atoms with van der Waals surface area (Å²) >= 11 is 5.74. The molecule has 128 valence electrons. The molecule has 0 aromatic carbocycles. The van der Waals surface area contributed by atoms with Gasteiger partial charge in [0.2, 0.25) is 0 Å². The first-order chi connectivity index (χ1) is 10.2. The normalized spacial score (nSPS) is 14.3. The van der Waals surface area contributed by atoms with Crippen molar-refractivity contribution >= 4 is 11.6 Å². The average Bonchev–Trinajstić information content (AvgIpc) is 2.50. The van der Waals surface area contributed by atoms with Crippen molar-refractivity contribution in [2.75, 3.05) is 13.2 Å². The Balaban J connectivity index is 3.09. The Morgan fingerprint density at radius 2 is 1.24 bits per heavy atom. The van der Waals surface area contributed by atoms with E-state index in [9.17, 15) is 5.11 Å². The molecule has 0 fully saturated rings. The number of aliphatic hydroxyl groups is 2. The van der Waals surface area contributed by atoms with Gasteiger partial charge in [-0.3, -0.25) is 0 Å². The maximum Gasteiger partial charge on any atom is 0.159 e. The zero-order chi connectivity index (χ0) is 15.8. The SMILES string of the molecule is CCCCCCCCCCCCCCOC(Cl)C(O)CO. The van der Waals surface area contributed by atoms with E-state index in [1.807, 2.05) is 0 Å². The Bertz CT molecular complexity index is 202. The topological polar surface area (TPSA) is 49.7 Å². The number of alkyl halides is 1. The maximum absolute atomic E-state index is 9.21. The molecule has 0 rings (SSSR count). The van der Waals surface area contributed by atoms with Crippen LogP contribution in [0.4, 0.5) is 0 Å². The molecule has 0 amide bonds. The van der Waals surface area contributed by atoms with Gasteiger partial charge < -0.3 is 14.9 Å². The summed E-state index contributed by atoms with van der Waals surface area (Å²) in [6, 6.07) is 0. The number of aliphatic hydroxyl groups excluding tert-OH is 2. The van der Waals surface area contributed by atoms with Gasteiger partial charge in [-0.05, 0) is 6.42 Å². The van der Waals surface area contributed by atoms with Gasteiger partial charge in [-0.25, -0.2) is 0 Å². The summed E-state index contributed by atoms with van der Waals surface area (Å²) in [6.07, 6.45) is 14.7. The van der Waals surface area contributed by atoms with Gasteiger partial charge in [0.1, 0.15) is 6.10 Å². The van der Waals surface area contributed by atoms with Gasteiger partial charge >= 0.3 is 0 Å². The number of hydrogen-bond donors (Lipinski definition) is 2. The van der Waals surface area contributed by atoms with Crippen LogP contribution in [-0.4, -0.2) is 35.1 Å². The Labute approximate surface area is 136 Å². The summed E-state index contributed by atoms with van der Waals surface area (Å²) in [6.45, 7) is 2.46. The third kappa shape index (κ3) is 14.9. The van der Waals surface area contributed by atoms with Crippen LogP contribution in [0.3, 0.4) is 0 Å². The van der Waals surface area contributed by atoms with E-state index >= 15 is 0 Å². The number of unbranched alkanes of at least 4 members (excludes halogenated alkanes) is 11. The van der Waals surface area contributed by atoms with Crippen LogP contribution in [0, 0.1) is 0 Å². The van der Waals surface area contributed by atoms with E-state index in [0.29, 0.717) is 6.61 Å². The summed E-state index contributed by atoms with van der Waals surface area (Å²) in [5.74, 6) is 0. The first kappa shape index (κ1) is 21.2. The van der Waals surface area contributed by atoms with Crippen molar-refractivity contribution in [2.24, 2.45) is 0 Å². The molecule has 0 aromatic rings. The van der Waals surface area contributed by atoms with E-state index in [-0.39, 0.29) is 6.61 Å². The molecule has 2 atom stereocenters. The second-order valence-electron chi connectivity index (χ2n) is 5.86. The highest BCUT2D eigenvalue weighted by molar-refractivity contribution is 6.20. The van der Waals surface area contributed by atoms with Crippen LogP contribution < -0.4 is 0 Å². The third-order valence-electron chi connectivity index (χ3n) is 3.76. The molecular weight excluding hydrogens is 288 g/mol. The summed E-state index contributed by atoms with van der Waals surface area (Å²) < 4.78 is 5.24. The van der Waals surface area contributed by atoms with E-state index in [2.05, 4.69) is 6.92 Å². The Morgan fingerprint density at radius 3 is 1.67 bits per heavy atom. The molecular formula is C17H35ClO3. The summed E-state index contributed by atoms with van der Waals surface area (Å²) in [5.41, 5.74) is -0.789. The van der Waals surface area contributed by atoms with Crippen LogP contribution >= 0.6 is 11.6 Å². The predicted octanol–water partition coefficient (Wildman–Crippen LogP) is 4.62. The minimum atomic E-state index is -0.982. The number of rotatable bonds is 16. The molecule has 0 spiro atoms. The fourth-order valence-corrected chi connectivity index (χ4v) is 2.50. The minimum absolute atomic E-state index is 0.355. The molecule has 4 heteroatoms. The number of ether oxygens (including phenoxy) is 1. The molecule has 0 aliphatic rings. The Kier molecular flexibility index (Phi) is 16.7. The lowest BCUT2D eigenvalue weighted by atomic mass is 10.1. The average molecular weight is 323 g/mol. The lowest BCUT2D eigenvalue weighted by molar-refractivity contribution is -0.0177. The van der Waals surface area contributed by atoms with Crippen molar-refractivity contribution in [3.63, 3.8) is 0 Å². The van der Waals surface area contributed by atoms with Crippen LogP contribution in [0.1, 0.15) is 84.0 Å². The molecule has 0 saturated heterocycles. The van der Waals surface area contributed by atoms with Crippen molar-refractivity contribution < 1.29 is 14.9 Å². The van der Waals surface area contributed by atoms with Gasteiger partial charge in [0.05, 0.1) is 6.61 Å². The van der Waals surface area contributed by atoms with Crippen LogP contribution in [0.15, 0.2) is 0 Å². The second-order valence-corrected chi connectivity index (χ2v) is 6.29. The van der Waals surface area contributed by atoms with Crippen LogP contribution in [0.25, 0.3) is 0 Å². The van der Waals surface area contributed by atoms with E-state index in [4.69, 9.17) is 21.4 Å². The molecule has 0 aromatic heterocycles. The first-order valence-corrected chi connectivity index (χ1v) is 9.20. The lowest BCUT2D eigenvalue weighted by Gasteiger charge is -2.15. The maximum atomic E-state index is 9.21. The quantitative estimate of drug-likeness (QED) is 0.322. The molecule has 0 aliphatic heterocycles. The van der Waals surface area contributed by atoms with Gasteiger partial charge in [-0.2, -0.15) is 0 Å². The summed E-state index contributed by atoms with van der Waals surface area (Å²) in [4.78, 5) is 0. The summed E-state index contributed by atoms with van der Waals surface area (Å²) in [5, 5.41) is 17.9. The van der Waals surface area contributed by atoms with Crippen molar-refractivity contribution in [2.45, 2.75) is 95.6 Å². The minimum Gasteiger partial charge on any atom is -0.394 e. The monoisotopic (exact) mass is 322 g/mol. The van der Waals surface area contributed by atoms with E-state index in [1.54, 1.807) is 0 Å². The van der Waals surface area contributed by atoms with E-state index < -0.39 is 11.7 Å². The van der Waals surface area contributed by atoms with Crippen molar-refractivity contribution in [3.8, 4) is 0 Å². The lowest BCUT2D eigenvalue weighted by Crippen LogP contribution is -2.27. The number of halogens is 1. The van der Waals surface area contributed by atoms with E-state index in [0.717, 1.165) is 12.8 Å². The van der Waals surface area contributed by atoms with Crippen LogP contribution in [0.2, 0.25) is 0 Å². The number of hydrogen-bond acceptors (Lipinski definition) is 3. The second kappa shape index (κ2) is 16.5. The molecule has 0 saturated carbocycles. The highest BCUT2D eigenvalue weighted by Crippen LogP contribution is 2.12. The van der Waals surface area contributed by atoms with Crippen molar-refractivity contribution in [1.82, 2.24) is 0 Å². The highest BCUT2D eigenvalue weighted by Gasteiger charge is 2.14. The van der Waals surface area contributed by atoms with Crippen molar-refractivity contribution in [3.05, 3.63) is 0 Å². The molecule has 0 aliphatic carbocycles. The molecule has 0 bridgehead atoms. The molecule has 0 radical (unpaired) electrons. The molecule has 0 heterocycles. The van der Waals surface area contributed by atoms with Crippen LogP contribution in [0.5, 0.6) is 0 Å². The van der Waals surface area contributed by atoms with E-state index in [1.165, 1.54) is 64.2 Å². The van der Waals surface area contributed by atoms with Crippen molar-refractivity contribution in [1.29, 1.82) is 0 Å².